The molecule has 0 radical (unpaired) electrons. The zero-order valence-corrected chi connectivity index (χ0v) is 10.6. The van der Waals surface area contributed by atoms with Gasteiger partial charge in [-0.15, -0.1) is 0 Å². The average molecular weight is 276 g/mol. The van der Waals surface area contributed by atoms with Crippen molar-refractivity contribution in [3.63, 3.8) is 0 Å². The second-order valence-electron chi connectivity index (χ2n) is 4.37. The molecule has 96 valence electrons. The highest BCUT2D eigenvalue weighted by Gasteiger charge is 2.34. The van der Waals surface area contributed by atoms with E-state index in [1.165, 1.54) is 10.8 Å². The van der Waals surface area contributed by atoms with Crippen molar-refractivity contribution in [3.05, 3.63) is 52.6 Å². The maximum absolute atomic E-state index is 12.4. The lowest BCUT2D eigenvalue weighted by molar-refractivity contribution is 0.0931. The van der Waals surface area contributed by atoms with Crippen LogP contribution in [0.3, 0.4) is 0 Å². The molecule has 5 nitrogen and oxygen atoms in total. The number of ketones is 1. The van der Waals surface area contributed by atoms with E-state index in [-0.39, 0.29) is 11.6 Å². The van der Waals surface area contributed by atoms with Gasteiger partial charge >= 0.3 is 0 Å². The van der Waals surface area contributed by atoms with Gasteiger partial charge in [0, 0.05) is 29.4 Å². The van der Waals surface area contributed by atoms with Crippen LogP contribution in [0.2, 0.25) is 5.02 Å². The second-order valence-corrected chi connectivity index (χ2v) is 4.78. The first-order chi connectivity index (χ1) is 9.09. The number of aromatic nitrogens is 2. The van der Waals surface area contributed by atoms with Crippen LogP contribution in [-0.2, 0) is 6.42 Å². The second kappa shape index (κ2) is 4.20. The number of rotatable bonds is 2. The van der Waals surface area contributed by atoms with E-state index in [2.05, 4.69) is 4.98 Å². The molecule has 0 saturated heterocycles. The molecule has 1 aliphatic carbocycles. The molecule has 1 atom stereocenters. The summed E-state index contributed by atoms with van der Waals surface area (Å²) in [6.45, 7) is 0. The van der Waals surface area contributed by atoms with Crippen molar-refractivity contribution >= 4 is 23.3 Å². The van der Waals surface area contributed by atoms with Crippen LogP contribution < -0.4 is 5.73 Å². The van der Waals surface area contributed by atoms with E-state index < -0.39 is 11.9 Å². The van der Waals surface area contributed by atoms with Gasteiger partial charge in [-0.1, -0.05) is 23.7 Å². The van der Waals surface area contributed by atoms with E-state index in [4.69, 9.17) is 17.3 Å². The molecule has 0 bridgehead atoms. The molecule has 2 aromatic rings. The van der Waals surface area contributed by atoms with Gasteiger partial charge in [-0.3, -0.25) is 9.59 Å². The Morgan fingerprint density at radius 1 is 1.47 bits per heavy atom. The van der Waals surface area contributed by atoms with Gasteiger partial charge in [0.1, 0.15) is 6.04 Å². The third kappa shape index (κ3) is 1.74. The van der Waals surface area contributed by atoms with Crippen LogP contribution in [0.4, 0.5) is 0 Å². The Morgan fingerprint density at radius 2 is 2.26 bits per heavy atom. The predicted molar refractivity (Wildman–Crippen MR) is 69.3 cm³/mol. The Balaban J connectivity index is 2.07. The molecule has 1 amide bonds. The summed E-state index contributed by atoms with van der Waals surface area (Å²) in [6.07, 6.45) is 3.49. The minimum atomic E-state index is -0.653. The molecule has 6 heteroatoms. The molecule has 1 heterocycles. The van der Waals surface area contributed by atoms with Crippen LogP contribution in [0, 0.1) is 0 Å². The van der Waals surface area contributed by atoms with Crippen molar-refractivity contribution in [1.82, 2.24) is 9.55 Å². The molecule has 1 aliphatic rings. The zero-order chi connectivity index (χ0) is 13.6. The number of Topliss-reactive ketones (excluding diaryl/α,β-unsaturated/α-hetero) is 1. The fourth-order valence-electron chi connectivity index (χ4n) is 2.44. The van der Waals surface area contributed by atoms with Gasteiger partial charge in [0.15, 0.2) is 11.6 Å². The molecular weight excluding hydrogens is 266 g/mol. The summed E-state index contributed by atoms with van der Waals surface area (Å²) in [5.74, 6) is -0.639. The van der Waals surface area contributed by atoms with Crippen LogP contribution in [0.15, 0.2) is 30.6 Å². The van der Waals surface area contributed by atoms with Crippen LogP contribution in [0.1, 0.15) is 32.6 Å². The molecule has 0 aliphatic heterocycles. The SMILES string of the molecule is NC(=O)c1nccn1C1Cc2c(Cl)cccc2C1=O. The van der Waals surface area contributed by atoms with E-state index >= 15 is 0 Å². The molecule has 0 fully saturated rings. The van der Waals surface area contributed by atoms with Crippen LogP contribution in [0.25, 0.3) is 0 Å². The molecule has 0 saturated carbocycles. The molecule has 1 unspecified atom stereocenters. The van der Waals surface area contributed by atoms with E-state index in [1.807, 2.05) is 0 Å². The van der Waals surface area contributed by atoms with Gasteiger partial charge in [0.25, 0.3) is 5.91 Å². The quantitative estimate of drug-likeness (QED) is 0.904. The highest BCUT2D eigenvalue weighted by molar-refractivity contribution is 6.32. The highest BCUT2D eigenvalue weighted by Crippen LogP contribution is 2.35. The third-order valence-electron chi connectivity index (χ3n) is 3.31. The molecule has 1 aromatic carbocycles. The number of nitrogens with zero attached hydrogens (tertiary/aromatic N) is 2. The van der Waals surface area contributed by atoms with E-state index in [0.29, 0.717) is 17.0 Å². The van der Waals surface area contributed by atoms with Crippen molar-refractivity contribution in [2.45, 2.75) is 12.5 Å². The number of nitrogens with two attached hydrogens (primary N) is 1. The number of fused-ring (bicyclic) bond motifs is 1. The number of hydrogen-bond acceptors (Lipinski definition) is 3. The Labute approximate surface area is 114 Å². The monoisotopic (exact) mass is 275 g/mol. The van der Waals surface area contributed by atoms with Crippen LogP contribution in [-0.4, -0.2) is 21.2 Å². The number of hydrogen-bond donors (Lipinski definition) is 1. The third-order valence-corrected chi connectivity index (χ3v) is 3.66. The minimum absolute atomic E-state index is 0.0713. The van der Waals surface area contributed by atoms with Gasteiger partial charge in [-0.2, -0.15) is 0 Å². The lowest BCUT2D eigenvalue weighted by atomic mass is 10.1. The highest BCUT2D eigenvalue weighted by atomic mass is 35.5. The lowest BCUT2D eigenvalue weighted by Crippen LogP contribution is -2.23. The fraction of sp³-hybridized carbons (Fsp3) is 0.154. The molecule has 19 heavy (non-hydrogen) atoms. The van der Waals surface area contributed by atoms with Gasteiger partial charge in [-0.25, -0.2) is 4.98 Å². The Morgan fingerprint density at radius 3 is 2.95 bits per heavy atom. The number of halogens is 1. The molecule has 0 spiro atoms. The normalized spacial score (nSPS) is 17.5. The van der Waals surface area contributed by atoms with Crippen LogP contribution in [0.5, 0.6) is 0 Å². The summed E-state index contributed by atoms with van der Waals surface area (Å²) in [5, 5.41) is 0.564. The molecular formula is C13H10ClN3O2. The van der Waals surface area contributed by atoms with Gasteiger partial charge in [-0.05, 0) is 11.6 Å². The summed E-state index contributed by atoms with van der Waals surface area (Å²) in [4.78, 5) is 27.5. The number of primary amides is 1. The van der Waals surface area contributed by atoms with E-state index in [0.717, 1.165) is 5.56 Å². The van der Waals surface area contributed by atoms with E-state index in [9.17, 15) is 9.59 Å². The van der Waals surface area contributed by atoms with Crippen molar-refractivity contribution < 1.29 is 9.59 Å². The Bertz CT molecular complexity index is 693. The van der Waals surface area contributed by atoms with Crippen molar-refractivity contribution in [2.75, 3.05) is 0 Å². The summed E-state index contributed by atoms with van der Waals surface area (Å²) in [5.41, 5.74) is 6.65. The minimum Gasteiger partial charge on any atom is -0.363 e. The van der Waals surface area contributed by atoms with Crippen LogP contribution >= 0.6 is 11.6 Å². The largest absolute Gasteiger partial charge is 0.363 e. The van der Waals surface area contributed by atoms with Gasteiger partial charge in [0.05, 0.1) is 0 Å². The first-order valence-corrected chi connectivity index (χ1v) is 6.11. The molecule has 2 N–H and O–H groups in total. The Kier molecular flexibility index (Phi) is 2.64. The fourth-order valence-corrected chi connectivity index (χ4v) is 2.69. The number of benzene rings is 1. The topological polar surface area (TPSA) is 78.0 Å². The maximum Gasteiger partial charge on any atom is 0.284 e. The predicted octanol–water partition coefficient (Wildman–Crippen LogP) is 1.62. The summed E-state index contributed by atoms with van der Waals surface area (Å²) in [6, 6.07) is 4.73. The number of carbonyl (C=O) groups excluding carboxylic acids is 2. The molecule has 1 aromatic heterocycles. The molecule has 3 rings (SSSR count). The van der Waals surface area contributed by atoms with Crippen molar-refractivity contribution in [1.29, 1.82) is 0 Å². The lowest BCUT2D eigenvalue weighted by Gasteiger charge is -2.11. The summed E-state index contributed by atoms with van der Waals surface area (Å²) < 4.78 is 1.51. The zero-order valence-electron chi connectivity index (χ0n) is 9.84. The van der Waals surface area contributed by atoms with Crippen molar-refractivity contribution in [2.24, 2.45) is 5.73 Å². The maximum atomic E-state index is 12.4. The number of amides is 1. The van der Waals surface area contributed by atoms with Gasteiger partial charge in [0.2, 0.25) is 0 Å². The first kappa shape index (κ1) is 11.9. The Hall–Kier alpha value is -2.14. The van der Waals surface area contributed by atoms with E-state index in [1.54, 1.807) is 24.4 Å². The first-order valence-electron chi connectivity index (χ1n) is 5.74. The summed E-state index contributed by atoms with van der Waals surface area (Å²) >= 11 is 6.10. The smallest absolute Gasteiger partial charge is 0.284 e. The van der Waals surface area contributed by atoms with Crippen molar-refractivity contribution in [3.8, 4) is 0 Å². The standard InChI is InChI=1S/C13H10ClN3O2/c14-9-3-1-2-7-8(9)6-10(11(7)18)17-5-4-16-13(17)12(15)19/h1-5,10H,6H2,(H2,15,19). The summed E-state index contributed by atoms with van der Waals surface area (Å²) in [7, 11) is 0. The number of carbonyl (C=O) groups is 2. The average Bonchev–Trinajstić information content (AvgIpc) is 2.95. The number of imidazole rings is 1. The van der Waals surface area contributed by atoms with Gasteiger partial charge < -0.3 is 10.3 Å².